The van der Waals surface area contributed by atoms with Gasteiger partial charge < -0.3 is 24.6 Å². The van der Waals surface area contributed by atoms with Crippen LogP contribution in [0.25, 0.3) is 11.0 Å². The van der Waals surface area contributed by atoms with Gasteiger partial charge in [-0.2, -0.15) is 4.98 Å². The lowest BCUT2D eigenvalue weighted by Crippen LogP contribution is -2.50. The standard InChI is InChI=1S/C31H40N6O5/c1-19-23-18-32-29(34-27(23)37(22-9-7-8-10-22)28(39)26(19)20(2)38)33-21-11-12-24(25(17-21)41-6)35-13-15-36(16-14-35)30(40)42-31(3,4)5/h11-12,17-18,22H,7-10,13-16H2,1-6H3,(H,32,33,34). The number of ether oxygens (including phenoxy) is 2. The third-order valence-corrected chi connectivity index (χ3v) is 7.96. The van der Waals surface area contributed by atoms with Gasteiger partial charge in [0.15, 0.2) is 5.78 Å². The molecule has 5 rings (SSSR count). The van der Waals surface area contributed by atoms with Crippen LogP contribution in [-0.2, 0) is 4.74 Å². The Bertz CT molecular complexity index is 1560. The van der Waals surface area contributed by atoms with E-state index >= 15 is 0 Å². The third kappa shape index (κ3) is 5.91. The molecule has 3 aromatic rings. The van der Waals surface area contributed by atoms with Gasteiger partial charge in [-0.25, -0.2) is 9.78 Å². The fourth-order valence-corrected chi connectivity index (χ4v) is 5.91. The number of aromatic nitrogens is 3. The van der Waals surface area contributed by atoms with E-state index in [0.29, 0.717) is 54.5 Å². The molecule has 0 spiro atoms. The van der Waals surface area contributed by atoms with Gasteiger partial charge in [-0.05, 0) is 65.2 Å². The van der Waals surface area contributed by atoms with Gasteiger partial charge in [-0.3, -0.25) is 14.2 Å². The first-order valence-electron chi connectivity index (χ1n) is 14.6. The lowest BCUT2D eigenvalue weighted by molar-refractivity contribution is 0.0240. The van der Waals surface area contributed by atoms with Crippen molar-refractivity contribution < 1.29 is 19.1 Å². The normalized spacial score (nSPS) is 16.1. The van der Waals surface area contributed by atoms with Crippen LogP contribution >= 0.6 is 0 Å². The quantitative estimate of drug-likeness (QED) is 0.394. The number of nitrogens with zero attached hydrogens (tertiary/aromatic N) is 5. The Morgan fingerprint density at radius 1 is 1.07 bits per heavy atom. The van der Waals surface area contributed by atoms with Gasteiger partial charge >= 0.3 is 6.09 Å². The van der Waals surface area contributed by atoms with Crippen molar-refractivity contribution in [2.75, 3.05) is 43.5 Å². The third-order valence-electron chi connectivity index (χ3n) is 7.96. The number of carbonyl (C=O) groups is 2. The minimum absolute atomic E-state index is 0.0108. The number of fused-ring (bicyclic) bond motifs is 1. The molecule has 1 aromatic carbocycles. The summed E-state index contributed by atoms with van der Waals surface area (Å²) in [5.74, 6) is 0.785. The maximum absolute atomic E-state index is 13.5. The van der Waals surface area contributed by atoms with E-state index < -0.39 is 5.60 Å². The number of piperazine rings is 1. The van der Waals surface area contributed by atoms with Crippen molar-refractivity contribution in [2.24, 2.45) is 0 Å². The molecule has 11 heteroatoms. The summed E-state index contributed by atoms with van der Waals surface area (Å²) in [5, 5.41) is 3.97. The lowest BCUT2D eigenvalue weighted by atomic mass is 10.0. The van der Waals surface area contributed by atoms with E-state index in [2.05, 4.69) is 15.2 Å². The summed E-state index contributed by atoms with van der Waals surface area (Å²) in [5.41, 5.74) is 2.22. The maximum atomic E-state index is 13.5. The van der Waals surface area contributed by atoms with Gasteiger partial charge in [0.2, 0.25) is 5.95 Å². The molecule has 2 aromatic heterocycles. The minimum Gasteiger partial charge on any atom is -0.495 e. The molecule has 0 atom stereocenters. The number of anilines is 3. The van der Waals surface area contributed by atoms with Crippen LogP contribution in [0, 0.1) is 6.92 Å². The molecule has 0 unspecified atom stereocenters. The average molecular weight is 577 g/mol. The zero-order chi connectivity index (χ0) is 30.2. The molecule has 1 N–H and O–H groups in total. The van der Waals surface area contributed by atoms with E-state index in [1.165, 1.54) is 6.92 Å². The van der Waals surface area contributed by atoms with E-state index in [1.807, 2.05) is 39.0 Å². The number of rotatable bonds is 6. The molecule has 1 aliphatic carbocycles. The van der Waals surface area contributed by atoms with E-state index in [1.54, 1.807) is 29.7 Å². The van der Waals surface area contributed by atoms with Crippen molar-refractivity contribution in [2.45, 2.75) is 71.9 Å². The fourth-order valence-electron chi connectivity index (χ4n) is 5.91. The Kier molecular flexibility index (Phi) is 8.12. The van der Waals surface area contributed by atoms with Gasteiger partial charge in [-0.15, -0.1) is 0 Å². The topological polar surface area (TPSA) is 119 Å². The number of ketones is 1. The first kappa shape index (κ1) is 29.3. The number of methoxy groups -OCH3 is 1. The Balaban J connectivity index is 1.39. The summed E-state index contributed by atoms with van der Waals surface area (Å²) in [6.45, 7) is 11.2. The Labute approximate surface area is 245 Å². The lowest BCUT2D eigenvalue weighted by Gasteiger charge is -2.37. The minimum atomic E-state index is -0.528. The number of benzene rings is 1. The monoisotopic (exact) mass is 576 g/mol. The highest BCUT2D eigenvalue weighted by Crippen LogP contribution is 2.34. The van der Waals surface area contributed by atoms with Gasteiger partial charge in [-0.1, -0.05) is 12.8 Å². The maximum Gasteiger partial charge on any atom is 0.410 e. The molecule has 1 saturated carbocycles. The van der Waals surface area contributed by atoms with Crippen molar-refractivity contribution in [3.05, 3.63) is 45.9 Å². The summed E-state index contributed by atoms with van der Waals surface area (Å²) in [7, 11) is 1.63. The van der Waals surface area contributed by atoms with E-state index in [9.17, 15) is 14.4 Å². The smallest absolute Gasteiger partial charge is 0.410 e. The van der Waals surface area contributed by atoms with Gasteiger partial charge in [0.05, 0.1) is 18.4 Å². The number of Topliss-reactive ketones (excluding diaryl/α,β-unsaturated/α-hetero) is 1. The summed E-state index contributed by atoms with van der Waals surface area (Å²) >= 11 is 0. The number of pyridine rings is 1. The Morgan fingerprint density at radius 3 is 2.38 bits per heavy atom. The molecular formula is C31H40N6O5. The van der Waals surface area contributed by atoms with Crippen LogP contribution in [0.15, 0.2) is 29.2 Å². The molecule has 2 aliphatic rings. The van der Waals surface area contributed by atoms with Crippen molar-refractivity contribution in [3.63, 3.8) is 0 Å². The summed E-state index contributed by atoms with van der Waals surface area (Å²) < 4.78 is 13.0. The highest BCUT2D eigenvalue weighted by atomic mass is 16.6. The second kappa shape index (κ2) is 11.6. The van der Waals surface area contributed by atoms with Crippen molar-refractivity contribution >= 4 is 40.2 Å². The molecule has 1 saturated heterocycles. The van der Waals surface area contributed by atoms with E-state index in [4.69, 9.17) is 14.5 Å². The molecule has 224 valence electrons. The fraction of sp³-hybridized carbons (Fsp3) is 0.516. The predicted octanol–water partition coefficient (Wildman–Crippen LogP) is 5.23. The molecule has 1 aliphatic heterocycles. The number of carbonyl (C=O) groups excluding carboxylic acids is 2. The summed E-state index contributed by atoms with van der Waals surface area (Å²) in [6.07, 6.45) is 5.24. The first-order chi connectivity index (χ1) is 20.0. The van der Waals surface area contributed by atoms with Gasteiger partial charge in [0.25, 0.3) is 5.56 Å². The van der Waals surface area contributed by atoms with Crippen LogP contribution in [0.5, 0.6) is 5.75 Å². The van der Waals surface area contributed by atoms with Crippen LogP contribution in [0.2, 0.25) is 0 Å². The number of hydrogen-bond acceptors (Lipinski definition) is 9. The van der Waals surface area contributed by atoms with Crippen LogP contribution in [0.1, 0.15) is 75.3 Å². The zero-order valence-corrected chi connectivity index (χ0v) is 25.3. The number of amides is 1. The average Bonchev–Trinajstić information content (AvgIpc) is 3.46. The molecular weight excluding hydrogens is 536 g/mol. The van der Waals surface area contributed by atoms with Crippen LogP contribution in [0.3, 0.4) is 0 Å². The van der Waals surface area contributed by atoms with Gasteiger partial charge in [0.1, 0.15) is 17.0 Å². The van der Waals surface area contributed by atoms with Crippen LogP contribution in [0.4, 0.5) is 22.1 Å². The van der Waals surface area contributed by atoms with Crippen LogP contribution < -0.4 is 20.5 Å². The van der Waals surface area contributed by atoms with Crippen molar-refractivity contribution in [1.82, 2.24) is 19.4 Å². The highest BCUT2D eigenvalue weighted by Gasteiger charge is 2.28. The molecule has 0 bridgehead atoms. The van der Waals surface area contributed by atoms with Gasteiger partial charge in [0, 0.05) is 55.6 Å². The summed E-state index contributed by atoms with van der Waals surface area (Å²) in [6, 6.07) is 5.80. The first-order valence-corrected chi connectivity index (χ1v) is 14.6. The highest BCUT2D eigenvalue weighted by molar-refractivity contribution is 5.99. The van der Waals surface area contributed by atoms with Crippen molar-refractivity contribution in [1.29, 1.82) is 0 Å². The second-order valence-corrected chi connectivity index (χ2v) is 12.1. The largest absolute Gasteiger partial charge is 0.495 e. The summed E-state index contributed by atoms with van der Waals surface area (Å²) in [4.78, 5) is 51.6. The molecule has 1 amide bonds. The molecule has 11 nitrogen and oxygen atoms in total. The second-order valence-electron chi connectivity index (χ2n) is 12.1. The number of hydrogen-bond donors (Lipinski definition) is 1. The zero-order valence-electron chi connectivity index (χ0n) is 25.3. The molecule has 2 fully saturated rings. The Hall–Kier alpha value is -4.15. The SMILES string of the molecule is COc1cc(Nc2ncc3c(C)c(C(C)=O)c(=O)n(C4CCCC4)c3n2)ccc1N1CCN(C(=O)OC(C)(C)C)CC1. The molecule has 42 heavy (non-hydrogen) atoms. The molecule has 3 heterocycles. The number of nitrogens with one attached hydrogen (secondary N) is 1. The number of aryl methyl sites for hydroxylation is 1. The molecule has 0 radical (unpaired) electrons. The van der Waals surface area contributed by atoms with Crippen LogP contribution in [-0.4, -0.2) is 70.2 Å². The Morgan fingerprint density at radius 2 is 1.76 bits per heavy atom. The van der Waals surface area contributed by atoms with Crippen molar-refractivity contribution in [3.8, 4) is 5.75 Å². The predicted molar refractivity (Wildman–Crippen MR) is 162 cm³/mol. The van der Waals surface area contributed by atoms with E-state index in [0.717, 1.165) is 37.1 Å². The van der Waals surface area contributed by atoms with E-state index in [-0.39, 0.29) is 29.0 Å².